The van der Waals surface area contributed by atoms with Gasteiger partial charge in [0.15, 0.2) is 16.5 Å². The lowest BCUT2D eigenvalue weighted by Gasteiger charge is -2.14. The maximum atomic E-state index is 5.41. The number of nitrogens with one attached hydrogen (secondary N) is 2. The van der Waals surface area contributed by atoms with Crippen molar-refractivity contribution in [3.63, 3.8) is 0 Å². The maximum absolute atomic E-state index is 5.41. The SMILES string of the molecule is CSc1cccc(NC(=S)Nc2noc3cccc(N(C)C)c23)c1. The van der Waals surface area contributed by atoms with Gasteiger partial charge in [-0.15, -0.1) is 11.8 Å². The molecule has 0 amide bonds. The van der Waals surface area contributed by atoms with Gasteiger partial charge in [-0.1, -0.05) is 17.3 Å². The predicted molar refractivity (Wildman–Crippen MR) is 106 cm³/mol. The zero-order chi connectivity index (χ0) is 17.1. The van der Waals surface area contributed by atoms with Crippen LogP contribution in [0.1, 0.15) is 0 Å². The fraction of sp³-hybridized carbons (Fsp3) is 0.176. The largest absolute Gasteiger partial charge is 0.377 e. The van der Waals surface area contributed by atoms with E-state index in [0.29, 0.717) is 10.9 Å². The first-order valence-corrected chi connectivity index (χ1v) is 8.99. The monoisotopic (exact) mass is 358 g/mol. The highest BCUT2D eigenvalue weighted by molar-refractivity contribution is 7.98. The summed E-state index contributed by atoms with van der Waals surface area (Å²) < 4.78 is 5.40. The summed E-state index contributed by atoms with van der Waals surface area (Å²) in [5.74, 6) is 0.604. The van der Waals surface area contributed by atoms with Gasteiger partial charge in [0, 0.05) is 24.7 Å². The van der Waals surface area contributed by atoms with Gasteiger partial charge in [-0.3, -0.25) is 0 Å². The van der Waals surface area contributed by atoms with E-state index in [1.807, 2.05) is 61.6 Å². The first kappa shape index (κ1) is 16.6. The van der Waals surface area contributed by atoms with Crippen LogP contribution in [0, 0.1) is 0 Å². The summed E-state index contributed by atoms with van der Waals surface area (Å²) in [7, 11) is 3.96. The smallest absolute Gasteiger partial charge is 0.185 e. The van der Waals surface area contributed by atoms with Crippen LogP contribution < -0.4 is 15.5 Å². The lowest BCUT2D eigenvalue weighted by Crippen LogP contribution is -2.19. The zero-order valence-corrected chi connectivity index (χ0v) is 15.3. The van der Waals surface area contributed by atoms with Crippen molar-refractivity contribution in [3.8, 4) is 0 Å². The summed E-state index contributed by atoms with van der Waals surface area (Å²) in [5.41, 5.74) is 2.67. The quantitative estimate of drug-likeness (QED) is 0.529. The molecule has 3 aromatic rings. The third-order valence-electron chi connectivity index (χ3n) is 3.52. The van der Waals surface area contributed by atoms with Gasteiger partial charge in [0.2, 0.25) is 0 Å². The molecule has 0 aliphatic carbocycles. The van der Waals surface area contributed by atoms with E-state index in [1.165, 1.54) is 4.90 Å². The topological polar surface area (TPSA) is 53.3 Å². The number of rotatable bonds is 4. The van der Waals surface area contributed by atoms with Gasteiger partial charge in [-0.2, -0.15) is 0 Å². The van der Waals surface area contributed by atoms with Gasteiger partial charge < -0.3 is 20.1 Å². The van der Waals surface area contributed by atoms with Gasteiger partial charge in [0.25, 0.3) is 0 Å². The molecule has 124 valence electrons. The summed E-state index contributed by atoms with van der Waals surface area (Å²) in [6.45, 7) is 0. The first-order chi connectivity index (χ1) is 11.6. The molecule has 24 heavy (non-hydrogen) atoms. The van der Waals surface area contributed by atoms with Crippen molar-refractivity contribution in [2.45, 2.75) is 4.90 Å². The second kappa shape index (κ2) is 7.11. The Labute approximate surface area is 150 Å². The average Bonchev–Trinajstić information content (AvgIpc) is 2.97. The number of aromatic nitrogens is 1. The zero-order valence-electron chi connectivity index (χ0n) is 13.7. The van der Waals surface area contributed by atoms with Crippen LogP contribution >= 0.6 is 24.0 Å². The van der Waals surface area contributed by atoms with Gasteiger partial charge in [0.05, 0.1) is 11.1 Å². The fourth-order valence-electron chi connectivity index (χ4n) is 2.40. The number of hydrogen-bond acceptors (Lipinski definition) is 5. The Morgan fingerprint density at radius 1 is 1.17 bits per heavy atom. The van der Waals surface area contributed by atoms with E-state index < -0.39 is 0 Å². The highest BCUT2D eigenvalue weighted by Crippen LogP contribution is 2.32. The van der Waals surface area contributed by atoms with Crippen LogP contribution in [0.5, 0.6) is 0 Å². The number of fused-ring (bicyclic) bond motifs is 1. The van der Waals surface area contributed by atoms with Crippen molar-refractivity contribution in [1.82, 2.24) is 5.16 Å². The highest BCUT2D eigenvalue weighted by atomic mass is 32.2. The van der Waals surface area contributed by atoms with Crippen LogP contribution in [0.25, 0.3) is 11.0 Å². The number of nitrogens with zero attached hydrogens (tertiary/aromatic N) is 2. The molecule has 3 rings (SSSR count). The molecule has 0 bridgehead atoms. The first-order valence-electron chi connectivity index (χ1n) is 7.36. The molecule has 1 aromatic heterocycles. The lowest BCUT2D eigenvalue weighted by atomic mass is 10.2. The van der Waals surface area contributed by atoms with Crippen LogP contribution in [-0.2, 0) is 0 Å². The van der Waals surface area contributed by atoms with Crippen molar-refractivity contribution < 1.29 is 4.52 Å². The fourth-order valence-corrected chi connectivity index (χ4v) is 3.08. The predicted octanol–water partition coefficient (Wildman–Crippen LogP) is 4.42. The Balaban J connectivity index is 1.83. The van der Waals surface area contributed by atoms with Gasteiger partial charge in [-0.05, 0) is 48.8 Å². The Bertz CT molecular complexity index is 876. The maximum Gasteiger partial charge on any atom is 0.185 e. The standard InChI is InChI=1S/C17H18N4OS2/c1-21(2)13-8-5-9-14-15(13)16(20-22-14)19-17(23)18-11-6-4-7-12(10-11)24-3/h4-10H,1-3H3,(H2,18,19,20,23). The highest BCUT2D eigenvalue weighted by Gasteiger charge is 2.14. The Morgan fingerprint density at radius 3 is 2.71 bits per heavy atom. The minimum absolute atomic E-state index is 0.469. The summed E-state index contributed by atoms with van der Waals surface area (Å²) in [4.78, 5) is 3.19. The molecule has 5 nitrogen and oxygen atoms in total. The molecule has 0 radical (unpaired) electrons. The molecular weight excluding hydrogens is 340 g/mol. The molecule has 0 aliphatic rings. The normalized spacial score (nSPS) is 10.6. The summed E-state index contributed by atoms with van der Waals surface area (Å²) in [6.07, 6.45) is 2.04. The number of thiocarbonyl (C=S) groups is 1. The Hall–Kier alpha value is -2.25. The Morgan fingerprint density at radius 2 is 1.96 bits per heavy atom. The van der Waals surface area contributed by atoms with Crippen LogP contribution in [0.3, 0.4) is 0 Å². The van der Waals surface area contributed by atoms with Crippen LogP contribution in [0.4, 0.5) is 17.2 Å². The van der Waals surface area contributed by atoms with Gasteiger partial charge in [0.1, 0.15) is 0 Å². The second-order valence-corrected chi connectivity index (χ2v) is 6.67. The molecule has 1 heterocycles. The van der Waals surface area contributed by atoms with Crippen molar-refractivity contribution in [1.29, 1.82) is 0 Å². The molecule has 0 atom stereocenters. The van der Waals surface area contributed by atoms with Crippen LogP contribution in [0.2, 0.25) is 0 Å². The summed E-state index contributed by atoms with van der Waals surface area (Å²) >= 11 is 7.10. The summed E-state index contributed by atoms with van der Waals surface area (Å²) in [6, 6.07) is 13.9. The average molecular weight is 358 g/mol. The van der Waals surface area contributed by atoms with Gasteiger partial charge >= 0.3 is 0 Å². The van der Waals surface area contributed by atoms with Crippen molar-refractivity contribution in [2.75, 3.05) is 35.9 Å². The lowest BCUT2D eigenvalue weighted by molar-refractivity contribution is 0.460. The molecule has 0 saturated heterocycles. The van der Waals surface area contributed by atoms with E-state index >= 15 is 0 Å². The molecule has 0 spiro atoms. The molecule has 2 aromatic carbocycles. The third kappa shape index (κ3) is 3.47. The molecule has 0 fully saturated rings. The van der Waals surface area contributed by atoms with E-state index in [0.717, 1.165) is 22.3 Å². The van der Waals surface area contributed by atoms with E-state index in [1.54, 1.807) is 11.8 Å². The van der Waals surface area contributed by atoms with Gasteiger partial charge in [-0.25, -0.2) is 0 Å². The summed E-state index contributed by atoms with van der Waals surface area (Å²) in [5, 5.41) is 11.8. The van der Waals surface area contributed by atoms with Crippen molar-refractivity contribution in [2.24, 2.45) is 0 Å². The second-order valence-electron chi connectivity index (χ2n) is 5.39. The third-order valence-corrected chi connectivity index (χ3v) is 4.45. The molecule has 0 aliphatic heterocycles. The number of hydrogen-bond donors (Lipinski definition) is 2. The van der Waals surface area contributed by atoms with Crippen molar-refractivity contribution in [3.05, 3.63) is 42.5 Å². The molecule has 0 unspecified atom stereocenters. The van der Waals surface area contributed by atoms with Crippen molar-refractivity contribution >= 4 is 57.3 Å². The molecule has 7 heteroatoms. The minimum Gasteiger partial charge on any atom is -0.377 e. The number of anilines is 3. The molecule has 2 N–H and O–H groups in total. The molecule has 0 saturated carbocycles. The van der Waals surface area contributed by atoms with E-state index in [-0.39, 0.29) is 0 Å². The van der Waals surface area contributed by atoms with Crippen LogP contribution in [0.15, 0.2) is 51.9 Å². The Kier molecular flexibility index (Phi) is 4.92. The van der Waals surface area contributed by atoms with Crippen LogP contribution in [-0.4, -0.2) is 30.6 Å². The van der Waals surface area contributed by atoms with E-state index in [2.05, 4.69) is 21.9 Å². The number of benzene rings is 2. The van der Waals surface area contributed by atoms with E-state index in [9.17, 15) is 0 Å². The van der Waals surface area contributed by atoms with E-state index in [4.69, 9.17) is 16.7 Å². The minimum atomic E-state index is 0.469. The molecular formula is C17H18N4OS2. The number of thioether (sulfide) groups is 1.